The molecule has 1 atom stereocenters. The van der Waals surface area contributed by atoms with E-state index in [-0.39, 0.29) is 0 Å². The number of nitrogens with zero attached hydrogens (tertiary/aromatic N) is 2. The van der Waals surface area contributed by atoms with Crippen molar-refractivity contribution in [3.63, 3.8) is 0 Å². The molecule has 0 bridgehead atoms. The molecule has 1 aromatic heterocycles. The van der Waals surface area contributed by atoms with Gasteiger partial charge in [0.05, 0.1) is 13.3 Å². The second-order valence-corrected chi connectivity index (χ2v) is 4.93. The average molecular weight is 296 g/mol. The molecule has 0 aliphatic carbocycles. The molecule has 0 aliphatic rings. The molecule has 0 amide bonds. The summed E-state index contributed by atoms with van der Waals surface area (Å²) in [6.45, 7) is 2.74. The SMILES string of the molecule is CCCn1ncc(OC)c1C(O)c1ccc(Cl)cc1N. The number of halogens is 1. The lowest BCUT2D eigenvalue weighted by atomic mass is 10.0. The van der Waals surface area contributed by atoms with Crippen LogP contribution in [-0.4, -0.2) is 22.0 Å². The Morgan fingerprint density at radius 1 is 1.50 bits per heavy atom. The number of hydrogen-bond donors (Lipinski definition) is 2. The molecule has 5 nitrogen and oxygen atoms in total. The number of methoxy groups -OCH3 is 1. The van der Waals surface area contributed by atoms with Crippen molar-refractivity contribution in [1.29, 1.82) is 0 Å². The summed E-state index contributed by atoms with van der Waals surface area (Å²) in [7, 11) is 1.55. The zero-order valence-corrected chi connectivity index (χ0v) is 12.3. The molecule has 0 spiro atoms. The molecule has 2 aromatic rings. The fourth-order valence-corrected chi connectivity index (χ4v) is 2.32. The van der Waals surface area contributed by atoms with Crippen LogP contribution in [0.15, 0.2) is 24.4 Å². The molecule has 20 heavy (non-hydrogen) atoms. The summed E-state index contributed by atoms with van der Waals surface area (Å²) >= 11 is 5.88. The van der Waals surface area contributed by atoms with Crippen LogP contribution in [0.4, 0.5) is 5.69 Å². The van der Waals surface area contributed by atoms with Gasteiger partial charge in [-0.25, -0.2) is 0 Å². The first kappa shape index (κ1) is 14.7. The summed E-state index contributed by atoms with van der Waals surface area (Å²) < 4.78 is 7.00. The summed E-state index contributed by atoms with van der Waals surface area (Å²) in [6.07, 6.45) is 1.59. The minimum absolute atomic E-state index is 0.441. The van der Waals surface area contributed by atoms with E-state index in [4.69, 9.17) is 22.1 Å². The number of rotatable bonds is 5. The number of aliphatic hydroxyl groups is 1. The Hall–Kier alpha value is -1.72. The lowest BCUT2D eigenvalue weighted by Gasteiger charge is -2.17. The Morgan fingerprint density at radius 3 is 2.85 bits per heavy atom. The summed E-state index contributed by atoms with van der Waals surface area (Å²) in [4.78, 5) is 0. The molecule has 0 fully saturated rings. The van der Waals surface area contributed by atoms with E-state index in [9.17, 15) is 5.11 Å². The molecule has 1 unspecified atom stereocenters. The van der Waals surface area contributed by atoms with Crippen LogP contribution in [-0.2, 0) is 6.54 Å². The third-order valence-corrected chi connectivity index (χ3v) is 3.34. The van der Waals surface area contributed by atoms with E-state index in [2.05, 4.69) is 5.10 Å². The fraction of sp³-hybridized carbons (Fsp3) is 0.357. The fourth-order valence-electron chi connectivity index (χ4n) is 2.14. The Balaban J connectivity index is 2.46. The molecule has 0 saturated heterocycles. The zero-order valence-electron chi connectivity index (χ0n) is 11.5. The summed E-state index contributed by atoms with van der Waals surface area (Å²) in [6, 6.07) is 5.03. The second-order valence-electron chi connectivity index (χ2n) is 4.50. The highest BCUT2D eigenvalue weighted by molar-refractivity contribution is 6.30. The van der Waals surface area contributed by atoms with Crippen molar-refractivity contribution < 1.29 is 9.84 Å². The first-order chi connectivity index (χ1) is 9.58. The number of nitrogen functional groups attached to an aromatic ring is 1. The van der Waals surface area contributed by atoms with Crippen molar-refractivity contribution in [3.8, 4) is 5.75 Å². The number of ether oxygens (including phenoxy) is 1. The maximum atomic E-state index is 10.6. The normalized spacial score (nSPS) is 12.4. The summed E-state index contributed by atoms with van der Waals surface area (Å²) in [5.41, 5.74) is 7.56. The van der Waals surface area contributed by atoms with Gasteiger partial charge in [0.15, 0.2) is 5.75 Å². The molecular formula is C14H18ClN3O2. The Bertz CT molecular complexity index is 598. The largest absolute Gasteiger partial charge is 0.493 e. The predicted molar refractivity (Wildman–Crippen MR) is 79.0 cm³/mol. The van der Waals surface area contributed by atoms with Crippen LogP contribution in [0.1, 0.15) is 30.7 Å². The molecule has 2 rings (SSSR count). The van der Waals surface area contributed by atoms with Gasteiger partial charge in [-0.2, -0.15) is 5.10 Å². The second kappa shape index (κ2) is 6.15. The molecule has 1 aromatic carbocycles. The van der Waals surface area contributed by atoms with Gasteiger partial charge in [-0.3, -0.25) is 4.68 Å². The van der Waals surface area contributed by atoms with Crippen LogP contribution in [0.5, 0.6) is 5.75 Å². The highest BCUT2D eigenvalue weighted by atomic mass is 35.5. The zero-order chi connectivity index (χ0) is 14.7. The van der Waals surface area contributed by atoms with Gasteiger partial charge in [0, 0.05) is 22.8 Å². The number of anilines is 1. The third-order valence-electron chi connectivity index (χ3n) is 3.10. The van der Waals surface area contributed by atoms with Crippen LogP contribution < -0.4 is 10.5 Å². The summed E-state index contributed by atoms with van der Waals surface area (Å²) in [5, 5.41) is 15.4. The number of benzene rings is 1. The first-order valence-corrected chi connectivity index (χ1v) is 6.79. The number of aryl methyl sites for hydroxylation is 1. The van der Waals surface area contributed by atoms with Crippen molar-refractivity contribution in [2.75, 3.05) is 12.8 Å². The topological polar surface area (TPSA) is 73.3 Å². The Morgan fingerprint density at radius 2 is 2.25 bits per heavy atom. The van der Waals surface area contributed by atoms with E-state index >= 15 is 0 Å². The maximum absolute atomic E-state index is 10.6. The quantitative estimate of drug-likeness (QED) is 0.832. The summed E-state index contributed by atoms with van der Waals surface area (Å²) in [5.74, 6) is 0.542. The standard InChI is InChI=1S/C14H18ClN3O2/c1-3-6-18-13(12(20-2)8-17-18)14(19)10-5-4-9(15)7-11(10)16/h4-5,7-8,14,19H,3,6,16H2,1-2H3. The van der Waals surface area contributed by atoms with Crippen LogP contribution in [0.3, 0.4) is 0 Å². The van der Waals surface area contributed by atoms with E-state index in [1.54, 1.807) is 36.2 Å². The van der Waals surface area contributed by atoms with Gasteiger partial charge in [-0.1, -0.05) is 24.6 Å². The molecule has 3 N–H and O–H groups in total. The molecule has 1 heterocycles. The van der Waals surface area contributed by atoms with Gasteiger partial charge in [0.25, 0.3) is 0 Å². The van der Waals surface area contributed by atoms with Crippen LogP contribution >= 0.6 is 11.6 Å². The van der Waals surface area contributed by atoms with Crippen LogP contribution in [0.2, 0.25) is 5.02 Å². The molecule has 108 valence electrons. The minimum Gasteiger partial charge on any atom is -0.493 e. The van der Waals surface area contributed by atoms with E-state index in [1.165, 1.54) is 0 Å². The molecule has 6 heteroatoms. The number of nitrogens with two attached hydrogens (primary N) is 1. The number of aromatic nitrogens is 2. The van der Waals surface area contributed by atoms with Crippen molar-refractivity contribution in [2.24, 2.45) is 0 Å². The van der Waals surface area contributed by atoms with Crippen LogP contribution in [0.25, 0.3) is 0 Å². The first-order valence-electron chi connectivity index (χ1n) is 6.41. The van der Waals surface area contributed by atoms with E-state index < -0.39 is 6.10 Å². The smallest absolute Gasteiger partial charge is 0.163 e. The highest BCUT2D eigenvalue weighted by Gasteiger charge is 2.23. The highest BCUT2D eigenvalue weighted by Crippen LogP contribution is 2.33. The van der Waals surface area contributed by atoms with Gasteiger partial charge < -0.3 is 15.6 Å². The third kappa shape index (κ3) is 2.73. The van der Waals surface area contributed by atoms with E-state index in [0.717, 1.165) is 6.42 Å². The number of hydrogen-bond acceptors (Lipinski definition) is 4. The molecule has 0 aliphatic heterocycles. The number of aliphatic hydroxyl groups excluding tert-OH is 1. The Labute approximate surface area is 122 Å². The van der Waals surface area contributed by atoms with Crippen molar-refractivity contribution in [1.82, 2.24) is 9.78 Å². The Kier molecular flexibility index (Phi) is 4.52. The molecule has 0 saturated carbocycles. The molecular weight excluding hydrogens is 278 g/mol. The van der Waals surface area contributed by atoms with Crippen molar-refractivity contribution in [2.45, 2.75) is 26.0 Å². The van der Waals surface area contributed by atoms with Crippen molar-refractivity contribution in [3.05, 3.63) is 40.7 Å². The van der Waals surface area contributed by atoms with Gasteiger partial charge >= 0.3 is 0 Å². The monoisotopic (exact) mass is 295 g/mol. The van der Waals surface area contributed by atoms with Crippen LogP contribution in [0, 0.1) is 0 Å². The minimum atomic E-state index is -0.906. The maximum Gasteiger partial charge on any atom is 0.163 e. The van der Waals surface area contributed by atoms with Gasteiger partial charge in [-0.05, 0) is 18.6 Å². The lowest BCUT2D eigenvalue weighted by Crippen LogP contribution is -2.12. The van der Waals surface area contributed by atoms with E-state index in [1.807, 2.05) is 6.92 Å². The average Bonchev–Trinajstić information content (AvgIpc) is 2.81. The van der Waals surface area contributed by atoms with Gasteiger partial charge in [-0.15, -0.1) is 0 Å². The lowest BCUT2D eigenvalue weighted by molar-refractivity contribution is 0.202. The van der Waals surface area contributed by atoms with E-state index in [0.29, 0.717) is 34.3 Å². The van der Waals surface area contributed by atoms with Gasteiger partial charge in [0.1, 0.15) is 11.8 Å². The van der Waals surface area contributed by atoms with Gasteiger partial charge in [0.2, 0.25) is 0 Å². The van der Waals surface area contributed by atoms with Crippen molar-refractivity contribution >= 4 is 17.3 Å². The predicted octanol–water partition coefficient (Wildman–Crippen LogP) is 2.62. The molecule has 0 radical (unpaired) electrons.